The fraction of sp³-hybridized carbons (Fsp3) is 0.190. The van der Waals surface area contributed by atoms with Crippen LogP contribution in [0.25, 0.3) is 27.9 Å². The van der Waals surface area contributed by atoms with Gasteiger partial charge in [-0.15, -0.1) is 0 Å². The number of anilines is 3. The third-order valence-electron chi connectivity index (χ3n) is 4.83. The van der Waals surface area contributed by atoms with Crippen LogP contribution in [-0.2, 0) is 0 Å². The molecule has 0 aliphatic heterocycles. The zero-order chi connectivity index (χ0) is 22.0. The Balaban J connectivity index is 1.82. The van der Waals surface area contributed by atoms with Crippen LogP contribution in [0.1, 0.15) is 0 Å². The van der Waals surface area contributed by atoms with E-state index in [-0.39, 0.29) is 19.2 Å². The zero-order valence-corrected chi connectivity index (χ0v) is 16.8. The molecule has 0 spiro atoms. The summed E-state index contributed by atoms with van der Waals surface area (Å²) in [5, 5.41) is 27.1. The lowest BCUT2D eigenvalue weighted by Gasteiger charge is -2.13. The Hall–Kier alpha value is -3.89. The van der Waals surface area contributed by atoms with Crippen molar-refractivity contribution in [1.82, 2.24) is 19.7 Å². The number of carbonyl (C=O) groups is 1. The fourth-order valence-electron chi connectivity index (χ4n) is 3.27. The van der Waals surface area contributed by atoms with Crippen LogP contribution in [0.3, 0.4) is 0 Å². The SMILES string of the molecule is CNC(=O)Nc1ccc(-c2cnc3c(NC[C@@H](O)CO)nc4cc(N)ccc4n23)cc1. The van der Waals surface area contributed by atoms with E-state index in [0.29, 0.717) is 28.4 Å². The quantitative estimate of drug-likeness (QED) is 0.259. The number of rotatable bonds is 6. The monoisotopic (exact) mass is 421 g/mol. The van der Waals surface area contributed by atoms with Gasteiger partial charge in [-0.3, -0.25) is 4.40 Å². The molecule has 4 aromatic rings. The minimum Gasteiger partial charge on any atom is -0.399 e. The van der Waals surface area contributed by atoms with Crippen molar-refractivity contribution in [3.63, 3.8) is 0 Å². The molecule has 2 amide bonds. The number of hydrogen-bond acceptors (Lipinski definition) is 7. The van der Waals surface area contributed by atoms with Gasteiger partial charge in [-0.1, -0.05) is 12.1 Å². The summed E-state index contributed by atoms with van der Waals surface area (Å²) in [5.74, 6) is 0.467. The van der Waals surface area contributed by atoms with Crippen molar-refractivity contribution in [2.75, 3.05) is 36.6 Å². The number of urea groups is 1. The zero-order valence-electron chi connectivity index (χ0n) is 16.8. The topological polar surface area (TPSA) is 150 Å². The fourth-order valence-corrected chi connectivity index (χ4v) is 3.27. The molecule has 4 rings (SSSR count). The van der Waals surface area contributed by atoms with E-state index in [2.05, 4.69) is 25.9 Å². The number of carbonyl (C=O) groups excluding carboxylic acids is 1. The van der Waals surface area contributed by atoms with Crippen LogP contribution >= 0.6 is 0 Å². The number of aromatic nitrogens is 3. The second kappa shape index (κ2) is 8.46. The second-order valence-electron chi connectivity index (χ2n) is 7.01. The third kappa shape index (κ3) is 4.06. The van der Waals surface area contributed by atoms with E-state index in [4.69, 9.17) is 10.8 Å². The number of nitrogens with zero attached hydrogens (tertiary/aromatic N) is 3. The van der Waals surface area contributed by atoms with E-state index in [0.717, 1.165) is 16.8 Å². The first-order chi connectivity index (χ1) is 15.0. The summed E-state index contributed by atoms with van der Waals surface area (Å²) in [6.07, 6.45) is 0.815. The molecule has 0 saturated carbocycles. The van der Waals surface area contributed by atoms with Crippen LogP contribution in [-0.4, -0.2) is 56.9 Å². The molecule has 0 saturated heterocycles. The van der Waals surface area contributed by atoms with Gasteiger partial charge in [0, 0.05) is 30.5 Å². The summed E-state index contributed by atoms with van der Waals surface area (Å²) < 4.78 is 1.95. The highest BCUT2D eigenvalue weighted by atomic mass is 16.3. The van der Waals surface area contributed by atoms with Gasteiger partial charge in [0.15, 0.2) is 11.5 Å². The molecule has 0 radical (unpaired) electrons. The molecule has 0 bridgehead atoms. The van der Waals surface area contributed by atoms with E-state index < -0.39 is 6.10 Å². The first kappa shape index (κ1) is 20.4. The van der Waals surface area contributed by atoms with Crippen LogP contribution < -0.4 is 21.7 Å². The molecular formula is C21H23N7O3. The van der Waals surface area contributed by atoms with Crippen LogP contribution in [0.5, 0.6) is 0 Å². The van der Waals surface area contributed by atoms with E-state index in [1.165, 1.54) is 0 Å². The van der Waals surface area contributed by atoms with Crippen molar-refractivity contribution in [2.45, 2.75) is 6.10 Å². The van der Waals surface area contributed by atoms with Crippen molar-refractivity contribution in [2.24, 2.45) is 0 Å². The molecule has 31 heavy (non-hydrogen) atoms. The largest absolute Gasteiger partial charge is 0.399 e. The maximum atomic E-state index is 11.5. The lowest BCUT2D eigenvalue weighted by atomic mass is 10.1. The van der Waals surface area contributed by atoms with Gasteiger partial charge < -0.3 is 31.9 Å². The summed E-state index contributed by atoms with van der Waals surface area (Å²) in [7, 11) is 1.55. The number of nitrogens with two attached hydrogens (primary N) is 1. The molecule has 2 heterocycles. The Morgan fingerprint density at radius 1 is 1.23 bits per heavy atom. The Bertz CT molecular complexity index is 1240. The van der Waals surface area contributed by atoms with Gasteiger partial charge in [-0.05, 0) is 30.3 Å². The van der Waals surface area contributed by atoms with Gasteiger partial charge in [0.2, 0.25) is 0 Å². The summed E-state index contributed by atoms with van der Waals surface area (Å²) >= 11 is 0. The number of nitrogens with one attached hydrogen (secondary N) is 3. The highest BCUT2D eigenvalue weighted by Crippen LogP contribution is 2.30. The Morgan fingerprint density at radius 3 is 2.71 bits per heavy atom. The predicted molar refractivity (Wildman–Crippen MR) is 120 cm³/mol. The smallest absolute Gasteiger partial charge is 0.318 e. The number of benzene rings is 2. The predicted octanol–water partition coefficient (Wildman–Crippen LogP) is 1.65. The molecule has 160 valence electrons. The molecule has 0 fully saturated rings. The number of imidazole rings is 1. The van der Waals surface area contributed by atoms with Crippen LogP contribution in [0, 0.1) is 0 Å². The first-order valence-electron chi connectivity index (χ1n) is 9.69. The number of fused-ring (bicyclic) bond motifs is 3. The molecule has 7 N–H and O–H groups in total. The average Bonchev–Trinajstić information content (AvgIpc) is 3.22. The highest BCUT2D eigenvalue weighted by Gasteiger charge is 2.16. The van der Waals surface area contributed by atoms with E-state index in [9.17, 15) is 9.90 Å². The van der Waals surface area contributed by atoms with Gasteiger partial charge in [-0.2, -0.15) is 0 Å². The van der Waals surface area contributed by atoms with Crippen molar-refractivity contribution >= 4 is 39.9 Å². The number of hydrogen-bond donors (Lipinski definition) is 6. The van der Waals surface area contributed by atoms with Crippen molar-refractivity contribution in [1.29, 1.82) is 0 Å². The average molecular weight is 421 g/mol. The Morgan fingerprint density at radius 2 is 2.00 bits per heavy atom. The molecule has 10 heteroatoms. The van der Waals surface area contributed by atoms with Crippen molar-refractivity contribution in [3.8, 4) is 11.3 Å². The number of aliphatic hydroxyl groups excluding tert-OH is 2. The normalized spacial score (nSPS) is 12.1. The van der Waals surface area contributed by atoms with Crippen molar-refractivity contribution in [3.05, 3.63) is 48.7 Å². The molecule has 2 aromatic carbocycles. The standard InChI is InChI=1S/C21H23N7O3/c1-23-21(31)26-14-5-2-12(3-6-14)18-10-25-20-19(24-9-15(30)11-29)27-16-8-13(22)4-7-17(16)28(18)20/h2-8,10,15,29-30H,9,11,22H2,1H3,(H,24,27)(H2,23,26,31)/t15-/m1/s1. The Labute approximate surface area is 177 Å². The van der Waals surface area contributed by atoms with E-state index >= 15 is 0 Å². The molecule has 2 aromatic heterocycles. The van der Waals surface area contributed by atoms with Gasteiger partial charge in [-0.25, -0.2) is 14.8 Å². The van der Waals surface area contributed by atoms with Crippen LogP contribution in [0.15, 0.2) is 48.7 Å². The van der Waals surface area contributed by atoms with Gasteiger partial charge >= 0.3 is 6.03 Å². The van der Waals surface area contributed by atoms with Gasteiger partial charge in [0.25, 0.3) is 0 Å². The number of nitrogen functional groups attached to an aromatic ring is 1. The van der Waals surface area contributed by atoms with Crippen molar-refractivity contribution < 1.29 is 15.0 Å². The molecule has 10 nitrogen and oxygen atoms in total. The third-order valence-corrected chi connectivity index (χ3v) is 4.83. The summed E-state index contributed by atoms with van der Waals surface area (Å²) in [4.78, 5) is 20.7. The number of aliphatic hydroxyl groups is 2. The van der Waals surface area contributed by atoms with Crippen LogP contribution in [0.4, 0.5) is 22.0 Å². The first-order valence-corrected chi connectivity index (χ1v) is 9.69. The maximum absolute atomic E-state index is 11.5. The molecule has 0 unspecified atom stereocenters. The van der Waals surface area contributed by atoms with Gasteiger partial charge in [0.1, 0.15) is 0 Å². The van der Waals surface area contributed by atoms with E-state index in [1.807, 2.05) is 34.7 Å². The second-order valence-corrected chi connectivity index (χ2v) is 7.01. The molecule has 0 aliphatic rings. The van der Waals surface area contributed by atoms with Gasteiger partial charge in [0.05, 0.1) is 35.6 Å². The lowest BCUT2D eigenvalue weighted by molar-refractivity contribution is 0.105. The molecule has 0 aliphatic carbocycles. The molecular weight excluding hydrogens is 398 g/mol. The summed E-state index contributed by atoms with van der Waals surface area (Å²) in [6, 6.07) is 12.5. The lowest BCUT2D eigenvalue weighted by Crippen LogP contribution is -2.24. The highest BCUT2D eigenvalue weighted by molar-refractivity contribution is 5.90. The summed E-state index contributed by atoms with van der Waals surface area (Å²) in [5.41, 5.74) is 11.0. The minimum absolute atomic E-state index is 0.120. The maximum Gasteiger partial charge on any atom is 0.318 e. The molecule has 1 atom stereocenters. The van der Waals surface area contributed by atoms with E-state index in [1.54, 1.807) is 25.4 Å². The van der Waals surface area contributed by atoms with Crippen LogP contribution in [0.2, 0.25) is 0 Å². The number of amides is 2. The minimum atomic E-state index is -0.923. The summed E-state index contributed by atoms with van der Waals surface area (Å²) in [6.45, 7) is -0.241. The Kier molecular flexibility index (Phi) is 5.56.